The first kappa shape index (κ1) is 11.3. The van der Waals surface area contributed by atoms with Crippen molar-refractivity contribution in [3.05, 3.63) is 35.4 Å². The number of ketones is 1. The lowest BCUT2D eigenvalue weighted by Crippen LogP contribution is -2.08. The maximum atomic E-state index is 12.0. The molecule has 2 rings (SSSR count). The largest absolute Gasteiger partial charge is 0.381 e. The van der Waals surface area contributed by atoms with Crippen molar-refractivity contribution >= 4 is 5.78 Å². The van der Waals surface area contributed by atoms with Gasteiger partial charge in [0.05, 0.1) is 0 Å². The number of hydrogen-bond acceptors (Lipinski definition) is 2. The van der Waals surface area contributed by atoms with Crippen LogP contribution < -0.4 is 0 Å². The molecule has 1 saturated heterocycles. The molecule has 1 aliphatic rings. The van der Waals surface area contributed by atoms with E-state index >= 15 is 0 Å². The Morgan fingerprint density at radius 2 is 2.38 bits per heavy atom. The first-order chi connectivity index (χ1) is 7.79. The van der Waals surface area contributed by atoms with Gasteiger partial charge in [0, 0.05) is 25.2 Å². The predicted molar refractivity (Wildman–Crippen MR) is 63.7 cm³/mol. The zero-order valence-electron chi connectivity index (χ0n) is 9.74. The monoisotopic (exact) mass is 218 g/mol. The third-order valence-corrected chi connectivity index (χ3v) is 3.16. The van der Waals surface area contributed by atoms with Crippen LogP contribution in [0, 0.1) is 5.92 Å². The third-order valence-electron chi connectivity index (χ3n) is 3.16. The van der Waals surface area contributed by atoms with E-state index in [9.17, 15) is 4.79 Å². The first-order valence-electron chi connectivity index (χ1n) is 5.99. The van der Waals surface area contributed by atoms with E-state index in [1.165, 1.54) is 5.56 Å². The summed E-state index contributed by atoms with van der Waals surface area (Å²) in [5.74, 6) is 0.684. The Morgan fingerprint density at radius 3 is 3.06 bits per heavy atom. The van der Waals surface area contributed by atoms with Gasteiger partial charge in [0.15, 0.2) is 5.78 Å². The summed E-state index contributed by atoms with van der Waals surface area (Å²) < 4.78 is 5.29. The normalized spacial score (nSPS) is 19.9. The van der Waals surface area contributed by atoms with Crippen LogP contribution in [0.25, 0.3) is 0 Å². The van der Waals surface area contributed by atoms with Gasteiger partial charge in [-0.25, -0.2) is 0 Å². The number of hydrogen-bond donors (Lipinski definition) is 0. The molecule has 0 aliphatic carbocycles. The lowest BCUT2D eigenvalue weighted by Gasteiger charge is -2.07. The molecule has 1 aliphatic heterocycles. The number of ether oxygens (including phenoxy) is 1. The highest BCUT2D eigenvalue weighted by atomic mass is 16.5. The molecule has 0 amide bonds. The van der Waals surface area contributed by atoms with Crippen LogP contribution in [0.15, 0.2) is 24.3 Å². The minimum Gasteiger partial charge on any atom is -0.381 e. The summed E-state index contributed by atoms with van der Waals surface area (Å²) in [6.45, 7) is 3.67. The second-order valence-corrected chi connectivity index (χ2v) is 4.41. The summed E-state index contributed by atoms with van der Waals surface area (Å²) in [6, 6.07) is 7.96. The Bertz CT molecular complexity index is 365. The second kappa shape index (κ2) is 5.26. The number of benzene rings is 1. The number of aryl methyl sites for hydroxylation is 1. The van der Waals surface area contributed by atoms with Gasteiger partial charge in [-0.1, -0.05) is 25.1 Å². The smallest absolute Gasteiger partial charge is 0.163 e. The van der Waals surface area contributed by atoms with E-state index in [1.54, 1.807) is 0 Å². The molecule has 0 saturated carbocycles. The lowest BCUT2D eigenvalue weighted by molar-refractivity contribution is 0.0952. The highest BCUT2D eigenvalue weighted by Crippen LogP contribution is 2.19. The van der Waals surface area contributed by atoms with Crippen molar-refractivity contribution in [3.63, 3.8) is 0 Å². The Labute approximate surface area is 96.6 Å². The van der Waals surface area contributed by atoms with E-state index in [1.807, 2.05) is 18.2 Å². The van der Waals surface area contributed by atoms with E-state index in [4.69, 9.17) is 4.74 Å². The van der Waals surface area contributed by atoms with E-state index in [-0.39, 0.29) is 5.78 Å². The molecule has 0 radical (unpaired) electrons. The van der Waals surface area contributed by atoms with Crippen LogP contribution >= 0.6 is 0 Å². The standard InChI is InChI=1S/C14H18O2/c1-2-11-4-3-5-13(8-11)14(15)9-12-6-7-16-10-12/h3-5,8,12H,2,6-7,9-10H2,1H3. The molecule has 0 N–H and O–H groups in total. The molecule has 1 atom stereocenters. The molecule has 1 aromatic rings. The van der Waals surface area contributed by atoms with Gasteiger partial charge < -0.3 is 4.74 Å². The van der Waals surface area contributed by atoms with Gasteiger partial charge in [-0.3, -0.25) is 4.79 Å². The summed E-state index contributed by atoms with van der Waals surface area (Å²) in [5.41, 5.74) is 2.08. The second-order valence-electron chi connectivity index (χ2n) is 4.41. The van der Waals surface area contributed by atoms with Crippen LogP contribution in [-0.4, -0.2) is 19.0 Å². The molecule has 16 heavy (non-hydrogen) atoms. The SMILES string of the molecule is CCc1cccc(C(=O)CC2CCOC2)c1. The van der Waals surface area contributed by atoms with Crippen LogP contribution in [0.4, 0.5) is 0 Å². The number of carbonyl (C=O) groups excluding carboxylic acids is 1. The molecular weight excluding hydrogens is 200 g/mol. The summed E-state index contributed by atoms with van der Waals surface area (Å²) in [5, 5.41) is 0. The Balaban J connectivity index is 2.01. The van der Waals surface area contributed by atoms with Crippen molar-refractivity contribution in [2.24, 2.45) is 5.92 Å². The van der Waals surface area contributed by atoms with Crippen molar-refractivity contribution in [2.75, 3.05) is 13.2 Å². The third kappa shape index (κ3) is 2.70. The van der Waals surface area contributed by atoms with Crippen molar-refractivity contribution in [2.45, 2.75) is 26.2 Å². The maximum absolute atomic E-state index is 12.0. The molecule has 2 nitrogen and oxygen atoms in total. The van der Waals surface area contributed by atoms with Crippen LogP contribution in [-0.2, 0) is 11.2 Å². The fraction of sp³-hybridized carbons (Fsp3) is 0.500. The van der Waals surface area contributed by atoms with Crippen LogP contribution in [0.1, 0.15) is 35.7 Å². The topological polar surface area (TPSA) is 26.3 Å². The zero-order chi connectivity index (χ0) is 11.4. The van der Waals surface area contributed by atoms with Crippen molar-refractivity contribution in [1.29, 1.82) is 0 Å². The van der Waals surface area contributed by atoms with Crippen molar-refractivity contribution in [1.82, 2.24) is 0 Å². The fourth-order valence-corrected chi connectivity index (χ4v) is 2.09. The van der Waals surface area contributed by atoms with Gasteiger partial charge in [-0.2, -0.15) is 0 Å². The molecule has 0 bridgehead atoms. The zero-order valence-corrected chi connectivity index (χ0v) is 9.74. The molecule has 1 aromatic carbocycles. The molecule has 0 spiro atoms. The van der Waals surface area contributed by atoms with Gasteiger partial charge in [-0.05, 0) is 30.4 Å². The summed E-state index contributed by atoms with van der Waals surface area (Å²) in [7, 11) is 0. The van der Waals surface area contributed by atoms with E-state index in [0.29, 0.717) is 12.3 Å². The van der Waals surface area contributed by atoms with E-state index in [0.717, 1.165) is 31.6 Å². The number of carbonyl (C=O) groups is 1. The number of Topliss-reactive ketones (excluding diaryl/α,β-unsaturated/α-hetero) is 1. The lowest BCUT2D eigenvalue weighted by atomic mass is 9.96. The van der Waals surface area contributed by atoms with Crippen LogP contribution in [0.2, 0.25) is 0 Å². The van der Waals surface area contributed by atoms with Gasteiger partial charge in [-0.15, -0.1) is 0 Å². The minimum atomic E-state index is 0.255. The molecule has 1 unspecified atom stereocenters. The Morgan fingerprint density at radius 1 is 1.50 bits per heavy atom. The van der Waals surface area contributed by atoms with Gasteiger partial charge in [0.25, 0.3) is 0 Å². The van der Waals surface area contributed by atoms with Gasteiger partial charge in [0.2, 0.25) is 0 Å². The minimum absolute atomic E-state index is 0.255. The number of rotatable bonds is 4. The van der Waals surface area contributed by atoms with Crippen LogP contribution in [0.3, 0.4) is 0 Å². The summed E-state index contributed by atoms with van der Waals surface area (Å²) in [4.78, 5) is 12.0. The average molecular weight is 218 g/mol. The predicted octanol–water partition coefficient (Wildman–Crippen LogP) is 2.86. The molecule has 2 heteroatoms. The quantitative estimate of drug-likeness (QED) is 0.726. The fourth-order valence-electron chi connectivity index (χ4n) is 2.09. The highest BCUT2D eigenvalue weighted by Gasteiger charge is 2.19. The van der Waals surface area contributed by atoms with Gasteiger partial charge >= 0.3 is 0 Å². The molecule has 1 heterocycles. The molecular formula is C14H18O2. The van der Waals surface area contributed by atoms with Gasteiger partial charge in [0.1, 0.15) is 0 Å². The molecule has 1 fully saturated rings. The molecule has 86 valence electrons. The first-order valence-corrected chi connectivity index (χ1v) is 5.99. The maximum Gasteiger partial charge on any atom is 0.163 e. The highest BCUT2D eigenvalue weighted by molar-refractivity contribution is 5.96. The van der Waals surface area contributed by atoms with Crippen molar-refractivity contribution in [3.8, 4) is 0 Å². The Kier molecular flexibility index (Phi) is 3.73. The summed E-state index contributed by atoms with van der Waals surface area (Å²) >= 11 is 0. The van der Waals surface area contributed by atoms with Crippen LogP contribution in [0.5, 0.6) is 0 Å². The van der Waals surface area contributed by atoms with E-state index in [2.05, 4.69) is 13.0 Å². The average Bonchev–Trinajstić information content (AvgIpc) is 2.82. The Hall–Kier alpha value is -1.15. The van der Waals surface area contributed by atoms with Crippen molar-refractivity contribution < 1.29 is 9.53 Å². The molecule has 0 aromatic heterocycles. The summed E-state index contributed by atoms with van der Waals surface area (Å²) in [6.07, 6.45) is 2.64. The van der Waals surface area contributed by atoms with E-state index < -0.39 is 0 Å².